The van der Waals surface area contributed by atoms with Crippen LogP contribution in [0.3, 0.4) is 0 Å². The van der Waals surface area contributed by atoms with Crippen LogP contribution in [0.1, 0.15) is 60.8 Å². The molecule has 0 heterocycles. The van der Waals surface area contributed by atoms with E-state index >= 15 is 0 Å². The summed E-state index contributed by atoms with van der Waals surface area (Å²) in [7, 11) is -3.55. The van der Waals surface area contributed by atoms with Gasteiger partial charge in [-0.15, -0.1) is 0 Å². The summed E-state index contributed by atoms with van der Waals surface area (Å²) in [6.07, 6.45) is 6.13. The van der Waals surface area contributed by atoms with Gasteiger partial charge in [0.2, 0.25) is 21.8 Å². The summed E-state index contributed by atoms with van der Waals surface area (Å²) in [5.41, 5.74) is 4.50. The first kappa shape index (κ1) is 31.3. The number of nitrogens with one attached hydrogen (secondary N) is 1. The van der Waals surface area contributed by atoms with Gasteiger partial charge in [0, 0.05) is 32.0 Å². The molecule has 0 saturated heterocycles. The number of rotatable bonds is 13. The molecule has 8 heteroatoms. The number of hydrogen-bond donors (Lipinski definition) is 1. The quantitative estimate of drug-likeness (QED) is 0.283. The van der Waals surface area contributed by atoms with Gasteiger partial charge in [0.1, 0.15) is 6.04 Å². The van der Waals surface area contributed by atoms with Gasteiger partial charge >= 0.3 is 0 Å². The van der Waals surface area contributed by atoms with E-state index in [1.165, 1.54) is 10.6 Å². The van der Waals surface area contributed by atoms with E-state index in [0.717, 1.165) is 47.9 Å². The zero-order valence-electron chi connectivity index (χ0n) is 25.0. The summed E-state index contributed by atoms with van der Waals surface area (Å²) in [5, 5.41) is 3.23. The van der Waals surface area contributed by atoms with E-state index in [9.17, 15) is 18.0 Å². The van der Waals surface area contributed by atoms with Crippen LogP contribution in [-0.4, -0.2) is 50.0 Å². The zero-order chi connectivity index (χ0) is 30.1. The van der Waals surface area contributed by atoms with Gasteiger partial charge in [-0.25, -0.2) is 8.42 Å². The van der Waals surface area contributed by atoms with Gasteiger partial charge in [-0.3, -0.25) is 13.9 Å². The molecule has 224 valence electrons. The number of anilines is 1. The first-order chi connectivity index (χ1) is 20.1. The molecule has 0 aliphatic heterocycles. The summed E-state index contributed by atoms with van der Waals surface area (Å²) in [5.74, 6) is -0.305. The Bertz CT molecular complexity index is 1440. The van der Waals surface area contributed by atoms with E-state index in [4.69, 9.17) is 0 Å². The van der Waals surface area contributed by atoms with Crippen molar-refractivity contribution in [2.24, 2.45) is 0 Å². The molecule has 1 atom stereocenters. The third kappa shape index (κ3) is 8.68. The molecular weight excluding hydrogens is 546 g/mol. The number of carbonyl (C=O) groups is 2. The van der Waals surface area contributed by atoms with Crippen LogP contribution in [-0.2, 0) is 32.6 Å². The summed E-state index contributed by atoms with van der Waals surface area (Å²) in [6.45, 7) is 4.36. The molecule has 0 bridgehead atoms. The van der Waals surface area contributed by atoms with Crippen molar-refractivity contribution in [2.75, 3.05) is 17.1 Å². The fourth-order valence-corrected chi connectivity index (χ4v) is 6.66. The Morgan fingerprint density at radius 3 is 2.17 bits per heavy atom. The molecule has 0 spiro atoms. The first-order valence-corrected chi connectivity index (χ1v) is 16.7. The minimum absolute atomic E-state index is 0.117. The second-order valence-corrected chi connectivity index (χ2v) is 13.3. The van der Waals surface area contributed by atoms with Crippen LogP contribution in [0.4, 0.5) is 5.69 Å². The van der Waals surface area contributed by atoms with Gasteiger partial charge < -0.3 is 10.2 Å². The third-order valence-electron chi connectivity index (χ3n) is 7.98. The second-order valence-electron chi connectivity index (χ2n) is 11.4. The standard InChI is InChI=1S/C34H43N3O4S/c1-26-19-21-29(22-20-26)25-36(32(24-28-13-5-4-6-14-28)34(39)35-30-15-8-9-16-30)33(38)18-11-23-37(42(3,40)41)31-17-10-7-12-27(31)2/h4-7,10,12-14,17,19-22,30,32H,8-9,11,15-16,18,23-25H2,1-3H3,(H,35,39)/t32-/m1/s1. The lowest BCUT2D eigenvalue weighted by molar-refractivity contribution is -0.141. The van der Waals surface area contributed by atoms with Crippen LogP contribution in [0.25, 0.3) is 0 Å². The molecule has 1 fully saturated rings. The van der Waals surface area contributed by atoms with Gasteiger partial charge in [0.05, 0.1) is 11.9 Å². The van der Waals surface area contributed by atoms with Crippen molar-refractivity contribution in [2.45, 2.75) is 77.4 Å². The van der Waals surface area contributed by atoms with E-state index < -0.39 is 16.1 Å². The van der Waals surface area contributed by atoms with Crippen LogP contribution >= 0.6 is 0 Å². The van der Waals surface area contributed by atoms with E-state index in [1.54, 1.807) is 11.0 Å². The van der Waals surface area contributed by atoms with Crippen molar-refractivity contribution in [3.63, 3.8) is 0 Å². The van der Waals surface area contributed by atoms with Gasteiger partial charge in [-0.2, -0.15) is 0 Å². The molecule has 42 heavy (non-hydrogen) atoms. The highest BCUT2D eigenvalue weighted by Gasteiger charge is 2.32. The fraction of sp³-hybridized carbons (Fsp3) is 0.412. The highest BCUT2D eigenvalue weighted by molar-refractivity contribution is 7.92. The number of aryl methyl sites for hydroxylation is 2. The van der Waals surface area contributed by atoms with Gasteiger partial charge in [-0.05, 0) is 55.9 Å². The third-order valence-corrected chi connectivity index (χ3v) is 9.16. The van der Waals surface area contributed by atoms with Crippen molar-refractivity contribution in [1.29, 1.82) is 0 Å². The number of carbonyl (C=O) groups excluding carboxylic acids is 2. The largest absolute Gasteiger partial charge is 0.352 e. The molecule has 3 aromatic rings. The Labute approximate surface area is 251 Å². The normalized spacial score (nSPS) is 14.4. The molecule has 2 amide bonds. The van der Waals surface area contributed by atoms with E-state index in [0.29, 0.717) is 25.1 Å². The molecule has 0 radical (unpaired) electrons. The number of hydrogen-bond acceptors (Lipinski definition) is 4. The first-order valence-electron chi connectivity index (χ1n) is 14.8. The highest BCUT2D eigenvalue weighted by atomic mass is 32.2. The topological polar surface area (TPSA) is 86.8 Å². The maximum Gasteiger partial charge on any atom is 0.243 e. The summed E-state index contributed by atoms with van der Waals surface area (Å²) >= 11 is 0. The molecule has 1 aliphatic rings. The average molecular weight is 590 g/mol. The maximum atomic E-state index is 14.0. The second kappa shape index (κ2) is 14.5. The van der Waals surface area contributed by atoms with Crippen LogP contribution in [0.15, 0.2) is 78.9 Å². The Balaban J connectivity index is 1.59. The Morgan fingerprint density at radius 2 is 1.52 bits per heavy atom. The lowest BCUT2D eigenvalue weighted by Gasteiger charge is -2.33. The lowest BCUT2D eigenvalue weighted by atomic mass is 10.0. The predicted molar refractivity (Wildman–Crippen MR) is 169 cm³/mol. The molecule has 0 aromatic heterocycles. The van der Waals surface area contributed by atoms with Crippen molar-refractivity contribution in [3.05, 3.63) is 101 Å². The summed E-state index contributed by atoms with van der Waals surface area (Å²) < 4.78 is 26.8. The van der Waals surface area contributed by atoms with Gasteiger partial charge in [-0.1, -0.05) is 91.2 Å². The van der Waals surface area contributed by atoms with Crippen LogP contribution in [0.5, 0.6) is 0 Å². The van der Waals surface area contributed by atoms with Crippen LogP contribution < -0.4 is 9.62 Å². The van der Waals surface area contributed by atoms with Crippen LogP contribution in [0.2, 0.25) is 0 Å². The zero-order valence-corrected chi connectivity index (χ0v) is 25.8. The van der Waals surface area contributed by atoms with Crippen molar-refractivity contribution in [1.82, 2.24) is 10.2 Å². The summed E-state index contributed by atoms with van der Waals surface area (Å²) in [4.78, 5) is 29.5. The number of nitrogens with zero attached hydrogens (tertiary/aromatic N) is 2. The number of amides is 2. The smallest absolute Gasteiger partial charge is 0.243 e. The molecule has 1 saturated carbocycles. The average Bonchev–Trinajstić information content (AvgIpc) is 3.47. The molecule has 7 nitrogen and oxygen atoms in total. The minimum Gasteiger partial charge on any atom is -0.352 e. The SMILES string of the molecule is Cc1ccc(CN(C(=O)CCCN(c2ccccc2C)S(C)(=O)=O)[C@H](Cc2ccccc2)C(=O)NC2CCCC2)cc1. The predicted octanol–water partition coefficient (Wildman–Crippen LogP) is 5.55. The minimum atomic E-state index is -3.55. The van der Waals surface area contributed by atoms with E-state index in [1.807, 2.05) is 86.6 Å². The van der Waals surface area contributed by atoms with Crippen molar-refractivity contribution < 1.29 is 18.0 Å². The van der Waals surface area contributed by atoms with Crippen LogP contribution in [0, 0.1) is 13.8 Å². The highest BCUT2D eigenvalue weighted by Crippen LogP contribution is 2.24. The molecule has 3 aromatic carbocycles. The molecule has 1 aliphatic carbocycles. The van der Waals surface area contributed by atoms with Gasteiger partial charge in [0.15, 0.2) is 0 Å². The Hall–Kier alpha value is -3.65. The van der Waals surface area contributed by atoms with Gasteiger partial charge in [0.25, 0.3) is 0 Å². The fourth-order valence-electron chi connectivity index (χ4n) is 5.64. The molecular formula is C34H43N3O4S. The Kier molecular flexibility index (Phi) is 10.8. The number of benzene rings is 3. The van der Waals surface area contributed by atoms with Crippen molar-refractivity contribution >= 4 is 27.5 Å². The lowest BCUT2D eigenvalue weighted by Crippen LogP contribution is -2.52. The van der Waals surface area contributed by atoms with Crippen molar-refractivity contribution in [3.8, 4) is 0 Å². The van der Waals surface area contributed by atoms with E-state index in [-0.39, 0.29) is 30.8 Å². The molecule has 0 unspecified atom stereocenters. The number of sulfonamides is 1. The maximum absolute atomic E-state index is 14.0. The Morgan fingerprint density at radius 1 is 0.881 bits per heavy atom. The summed E-state index contributed by atoms with van der Waals surface area (Å²) in [6, 6.07) is 24.6. The molecule has 4 rings (SSSR count). The van der Waals surface area contributed by atoms with E-state index in [2.05, 4.69) is 5.32 Å². The molecule has 1 N–H and O–H groups in total. The monoisotopic (exact) mass is 589 g/mol. The number of para-hydroxylation sites is 1.